The van der Waals surface area contributed by atoms with Gasteiger partial charge < -0.3 is 35.1 Å². The highest BCUT2D eigenvalue weighted by Gasteiger charge is 2.18. The predicted octanol–water partition coefficient (Wildman–Crippen LogP) is 0.109. The van der Waals surface area contributed by atoms with E-state index in [1.54, 1.807) is 0 Å². The maximum atomic E-state index is 9.90. The molecular weight excluding hydrogens is 382 g/mol. The third-order valence-corrected chi connectivity index (χ3v) is 4.06. The summed E-state index contributed by atoms with van der Waals surface area (Å²) < 4.78 is 0. The predicted molar refractivity (Wildman–Crippen MR) is 108 cm³/mol. The van der Waals surface area contributed by atoms with Gasteiger partial charge in [-0.25, -0.2) is 0 Å². The van der Waals surface area contributed by atoms with Crippen LogP contribution < -0.4 is 0 Å². The summed E-state index contributed by atoms with van der Waals surface area (Å²) in [6, 6.07) is 0. The zero-order valence-corrected chi connectivity index (χ0v) is 17.5. The molecule has 0 bridgehead atoms. The molecule has 29 heavy (non-hydrogen) atoms. The normalized spacial score (nSPS) is 16.8. The highest BCUT2D eigenvalue weighted by molar-refractivity contribution is 5.67. The van der Waals surface area contributed by atoms with Crippen LogP contribution in [0.2, 0.25) is 0 Å². The van der Waals surface area contributed by atoms with Crippen LogP contribution in [0.4, 0.5) is 0 Å². The molecule has 3 heterocycles. The van der Waals surface area contributed by atoms with E-state index in [9.17, 15) is 14.4 Å². The van der Waals surface area contributed by atoms with E-state index in [0.717, 1.165) is 71.7 Å². The number of hydrogen-bond acceptors (Lipinski definition) is 7. The van der Waals surface area contributed by atoms with Crippen LogP contribution >= 0.6 is 0 Å². The number of rotatable bonds is 11. The summed E-state index contributed by atoms with van der Waals surface area (Å²) in [4.78, 5) is 36.0. The molecule has 0 unspecified atom stereocenters. The van der Waals surface area contributed by atoms with Gasteiger partial charge in [-0.1, -0.05) is 13.3 Å². The van der Waals surface area contributed by atoms with E-state index >= 15 is 0 Å². The first-order valence-corrected chi connectivity index (χ1v) is 10.2. The number of nitrogens with zero attached hydrogens (tertiary/aromatic N) is 3. The number of hydrogen-bond donors (Lipinski definition) is 4. The molecule has 4 N–H and O–H groups in total. The van der Waals surface area contributed by atoms with Crippen LogP contribution in [0.25, 0.3) is 0 Å². The quantitative estimate of drug-likeness (QED) is 0.341. The number of carboxylic acid groups (broad SMARTS) is 3. The summed E-state index contributed by atoms with van der Waals surface area (Å²) in [6.07, 6.45) is 2.91. The Balaban J connectivity index is 0.000000367. The Kier molecular flexibility index (Phi) is 16.1. The van der Waals surface area contributed by atoms with Crippen molar-refractivity contribution < 1.29 is 34.8 Å². The molecule has 170 valence electrons. The first-order valence-electron chi connectivity index (χ1n) is 10.2. The largest absolute Gasteiger partial charge is 0.481 e. The van der Waals surface area contributed by atoms with Gasteiger partial charge in [0.1, 0.15) is 0 Å². The second kappa shape index (κ2) is 17.1. The number of unbranched alkanes of at least 4 members (excludes halogenated alkanes) is 1. The Morgan fingerprint density at radius 2 is 0.931 bits per heavy atom. The number of aliphatic carboxylic acids is 3. The third kappa shape index (κ3) is 26.2. The topological polar surface area (TPSA) is 141 Å². The maximum absolute atomic E-state index is 9.90. The molecule has 0 amide bonds. The van der Waals surface area contributed by atoms with Crippen LogP contribution in [-0.2, 0) is 14.4 Å². The number of aliphatic hydroxyl groups excluding tert-OH is 1. The molecule has 0 saturated carbocycles. The van der Waals surface area contributed by atoms with Gasteiger partial charge in [0.2, 0.25) is 0 Å². The minimum absolute atomic E-state index is 0.292. The van der Waals surface area contributed by atoms with E-state index in [-0.39, 0.29) is 0 Å². The molecule has 0 aromatic heterocycles. The Morgan fingerprint density at radius 3 is 1.03 bits per heavy atom. The molecule has 3 fully saturated rings. The molecule has 3 saturated heterocycles. The second-order valence-electron chi connectivity index (χ2n) is 7.03. The van der Waals surface area contributed by atoms with Gasteiger partial charge in [0.25, 0.3) is 0 Å². The van der Waals surface area contributed by atoms with Gasteiger partial charge in [-0.05, 0) is 6.42 Å². The maximum Gasteiger partial charge on any atom is 0.304 e. The van der Waals surface area contributed by atoms with E-state index in [0.29, 0.717) is 25.9 Å². The lowest BCUT2D eigenvalue weighted by molar-refractivity contribution is -0.138. The Bertz CT molecular complexity index is 401. The molecule has 0 aromatic carbocycles. The molecule has 0 aliphatic carbocycles. The first kappa shape index (κ1) is 27.2. The van der Waals surface area contributed by atoms with E-state index in [2.05, 4.69) is 21.6 Å². The lowest BCUT2D eigenvalue weighted by Crippen LogP contribution is -2.05. The van der Waals surface area contributed by atoms with Crippen molar-refractivity contribution >= 4 is 17.9 Å². The van der Waals surface area contributed by atoms with Crippen LogP contribution in [0.3, 0.4) is 0 Å². The Labute approximate surface area is 172 Å². The molecule has 10 nitrogen and oxygen atoms in total. The van der Waals surface area contributed by atoms with Gasteiger partial charge in [0.05, 0.1) is 19.3 Å². The first-order chi connectivity index (χ1) is 13.8. The minimum Gasteiger partial charge on any atom is -0.481 e. The zero-order valence-electron chi connectivity index (χ0n) is 17.5. The average molecular weight is 420 g/mol. The number of carboxylic acids is 3. The molecule has 0 atom stereocenters. The fourth-order valence-corrected chi connectivity index (χ4v) is 1.80. The second-order valence-corrected chi connectivity index (χ2v) is 7.03. The lowest BCUT2D eigenvalue weighted by atomic mass is 10.4. The van der Waals surface area contributed by atoms with Crippen molar-refractivity contribution in [2.75, 3.05) is 65.5 Å². The van der Waals surface area contributed by atoms with E-state index < -0.39 is 17.9 Å². The minimum atomic E-state index is -0.697. The van der Waals surface area contributed by atoms with Crippen LogP contribution in [0.15, 0.2) is 0 Å². The fourth-order valence-electron chi connectivity index (χ4n) is 1.80. The molecule has 3 aliphatic rings. The molecule has 10 heteroatoms. The molecule has 3 rings (SSSR count). The van der Waals surface area contributed by atoms with Gasteiger partial charge >= 0.3 is 17.9 Å². The summed E-state index contributed by atoms with van der Waals surface area (Å²) in [6.45, 7) is 11.1. The molecule has 0 radical (unpaired) electrons. The van der Waals surface area contributed by atoms with E-state index in [4.69, 9.17) is 20.4 Å². The summed E-state index contributed by atoms with van der Waals surface area (Å²) in [5.41, 5.74) is 0. The van der Waals surface area contributed by atoms with Crippen molar-refractivity contribution in [3.05, 3.63) is 0 Å². The molecule has 0 spiro atoms. The van der Waals surface area contributed by atoms with Crippen molar-refractivity contribution in [2.45, 2.75) is 39.0 Å². The van der Waals surface area contributed by atoms with Crippen molar-refractivity contribution in [3.63, 3.8) is 0 Å². The van der Waals surface area contributed by atoms with Crippen molar-refractivity contribution in [3.8, 4) is 0 Å². The standard InChI is InChI=1S/3C5H9NO2.C4H10O/c3*7-5(8)1-2-6-3-4-6;1-2-3-4-5/h3*1-4H2,(H,7,8);5H,2-4H2,1H3. The molecule has 3 aliphatic heterocycles. The van der Waals surface area contributed by atoms with Gasteiger partial charge in [-0.15, -0.1) is 0 Å². The van der Waals surface area contributed by atoms with Crippen LogP contribution in [0.1, 0.15) is 39.0 Å². The summed E-state index contributed by atoms with van der Waals surface area (Å²) in [5.74, 6) is -2.09. The van der Waals surface area contributed by atoms with Crippen LogP contribution in [0.5, 0.6) is 0 Å². The summed E-state index contributed by atoms with van der Waals surface area (Å²) in [5, 5.41) is 32.6. The SMILES string of the molecule is CCCCO.O=C(O)CCN1CC1.O=C(O)CCN1CC1.O=C(O)CCN1CC1. The smallest absolute Gasteiger partial charge is 0.304 e. The van der Waals surface area contributed by atoms with Gasteiger partial charge in [0, 0.05) is 65.5 Å². The summed E-state index contributed by atoms with van der Waals surface area (Å²) >= 11 is 0. The van der Waals surface area contributed by atoms with Gasteiger partial charge in [0.15, 0.2) is 0 Å². The Hall–Kier alpha value is -1.75. The Morgan fingerprint density at radius 1 is 0.655 bits per heavy atom. The highest BCUT2D eigenvalue weighted by atomic mass is 16.4. The van der Waals surface area contributed by atoms with E-state index in [1.807, 2.05) is 0 Å². The highest BCUT2D eigenvalue weighted by Crippen LogP contribution is 2.03. The van der Waals surface area contributed by atoms with Crippen LogP contribution in [0, 0.1) is 0 Å². The van der Waals surface area contributed by atoms with Gasteiger partial charge in [-0.3, -0.25) is 14.4 Å². The monoisotopic (exact) mass is 419 g/mol. The average Bonchev–Trinajstić information content (AvgIpc) is 3.51. The summed E-state index contributed by atoms with van der Waals surface area (Å²) in [7, 11) is 0. The lowest BCUT2D eigenvalue weighted by Gasteiger charge is -1.92. The van der Waals surface area contributed by atoms with E-state index in [1.165, 1.54) is 0 Å². The molecule has 0 aromatic rings. The molecular formula is C19H37N3O7. The fraction of sp³-hybridized carbons (Fsp3) is 0.842. The van der Waals surface area contributed by atoms with Crippen molar-refractivity contribution in [1.29, 1.82) is 0 Å². The van der Waals surface area contributed by atoms with Crippen molar-refractivity contribution in [2.24, 2.45) is 0 Å². The van der Waals surface area contributed by atoms with Crippen LogP contribution in [-0.4, -0.2) is 119 Å². The number of aliphatic hydroxyl groups is 1. The van der Waals surface area contributed by atoms with Crippen molar-refractivity contribution in [1.82, 2.24) is 14.7 Å². The number of carbonyl (C=O) groups is 3. The third-order valence-electron chi connectivity index (χ3n) is 4.06. The van der Waals surface area contributed by atoms with Gasteiger partial charge in [-0.2, -0.15) is 0 Å². The zero-order chi connectivity index (χ0) is 22.1.